The van der Waals surface area contributed by atoms with Crippen molar-refractivity contribution < 1.29 is 4.74 Å². The molecule has 2 N–H and O–H groups in total. The third-order valence-electron chi connectivity index (χ3n) is 2.80. The number of aromatic nitrogens is 5. The summed E-state index contributed by atoms with van der Waals surface area (Å²) in [5.41, 5.74) is 5.81. The van der Waals surface area contributed by atoms with Gasteiger partial charge in [0.05, 0.1) is 6.61 Å². The van der Waals surface area contributed by atoms with Crippen molar-refractivity contribution in [3.63, 3.8) is 0 Å². The van der Waals surface area contributed by atoms with Gasteiger partial charge in [0.15, 0.2) is 0 Å². The Morgan fingerprint density at radius 2 is 2.14 bits per heavy atom. The van der Waals surface area contributed by atoms with Crippen LogP contribution in [0.2, 0.25) is 0 Å². The maximum absolute atomic E-state index is 5.81. The van der Waals surface area contributed by atoms with E-state index in [1.54, 1.807) is 30.4 Å². The molecule has 0 aliphatic carbocycles. The minimum Gasteiger partial charge on any atom is -0.383 e. The third-order valence-corrected chi connectivity index (χ3v) is 2.80. The monoisotopic (exact) mass is 291 g/mol. The van der Waals surface area contributed by atoms with Gasteiger partial charge in [0.1, 0.15) is 6.33 Å². The molecule has 0 aromatic carbocycles. The van der Waals surface area contributed by atoms with E-state index in [2.05, 4.69) is 33.8 Å². The number of hydrogen-bond acceptors (Lipinski definition) is 7. The summed E-state index contributed by atoms with van der Waals surface area (Å²) in [6.45, 7) is 6.39. The van der Waals surface area contributed by atoms with Gasteiger partial charge in [0, 0.05) is 32.6 Å². The number of imidazole rings is 1. The second-order valence-electron chi connectivity index (χ2n) is 5.10. The molecule has 114 valence electrons. The molecular formula is C13H21N7O. The number of hydrogen-bond donors (Lipinski definition) is 1. The smallest absolute Gasteiger partial charge is 0.241 e. The average Bonchev–Trinajstić information content (AvgIpc) is 2.96. The first-order chi connectivity index (χ1) is 10.1. The normalized spacial score (nSPS) is 11.0. The molecule has 0 bridgehead atoms. The predicted octanol–water partition coefficient (Wildman–Crippen LogP) is 0.748. The van der Waals surface area contributed by atoms with Crippen LogP contribution in [0, 0.1) is 5.92 Å². The van der Waals surface area contributed by atoms with Crippen molar-refractivity contribution >= 4 is 11.9 Å². The molecule has 8 nitrogen and oxygen atoms in total. The maximum atomic E-state index is 5.81. The van der Waals surface area contributed by atoms with Crippen LogP contribution >= 0.6 is 0 Å². The quantitative estimate of drug-likeness (QED) is 0.804. The lowest BCUT2D eigenvalue weighted by atomic mass is 10.2. The number of nitrogens with zero attached hydrogens (tertiary/aromatic N) is 6. The van der Waals surface area contributed by atoms with E-state index in [4.69, 9.17) is 10.5 Å². The molecule has 0 amide bonds. The number of nitrogens with two attached hydrogens (primary N) is 1. The van der Waals surface area contributed by atoms with Crippen molar-refractivity contribution in [1.82, 2.24) is 24.5 Å². The van der Waals surface area contributed by atoms with Crippen LogP contribution in [-0.2, 0) is 4.74 Å². The molecule has 0 spiro atoms. The molecule has 8 heteroatoms. The first-order valence-electron chi connectivity index (χ1n) is 6.84. The Balaban J connectivity index is 2.30. The van der Waals surface area contributed by atoms with Crippen molar-refractivity contribution in [2.75, 3.05) is 37.4 Å². The Kier molecular flexibility index (Phi) is 5.04. The lowest BCUT2D eigenvalue weighted by molar-refractivity contribution is 0.204. The number of ether oxygens (including phenoxy) is 1. The Labute approximate surface area is 124 Å². The highest BCUT2D eigenvalue weighted by molar-refractivity contribution is 5.38. The summed E-state index contributed by atoms with van der Waals surface area (Å²) in [4.78, 5) is 18.9. The van der Waals surface area contributed by atoms with E-state index in [-0.39, 0.29) is 5.95 Å². The Morgan fingerprint density at radius 1 is 1.33 bits per heavy atom. The van der Waals surface area contributed by atoms with Gasteiger partial charge in [-0.15, -0.1) is 0 Å². The summed E-state index contributed by atoms with van der Waals surface area (Å²) in [6, 6.07) is 0. The average molecular weight is 291 g/mol. The summed E-state index contributed by atoms with van der Waals surface area (Å²) in [5.74, 6) is 1.67. The summed E-state index contributed by atoms with van der Waals surface area (Å²) < 4.78 is 6.85. The molecule has 0 unspecified atom stereocenters. The number of methoxy groups -OCH3 is 1. The second kappa shape index (κ2) is 6.98. The third kappa shape index (κ3) is 4.12. The summed E-state index contributed by atoms with van der Waals surface area (Å²) in [7, 11) is 1.67. The molecule has 0 radical (unpaired) electrons. The van der Waals surface area contributed by atoms with Crippen molar-refractivity contribution in [2.45, 2.75) is 13.8 Å². The van der Waals surface area contributed by atoms with Crippen molar-refractivity contribution in [2.24, 2.45) is 5.92 Å². The fourth-order valence-electron chi connectivity index (χ4n) is 1.92. The van der Waals surface area contributed by atoms with Crippen molar-refractivity contribution in [3.8, 4) is 5.95 Å². The molecule has 21 heavy (non-hydrogen) atoms. The Hall–Kier alpha value is -2.22. The largest absolute Gasteiger partial charge is 0.383 e. The highest BCUT2D eigenvalue weighted by Crippen LogP contribution is 2.13. The fourth-order valence-corrected chi connectivity index (χ4v) is 1.92. The molecular weight excluding hydrogens is 270 g/mol. The molecule has 0 aliphatic rings. The molecule has 0 aliphatic heterocycles. The van der Waals surface area contributed by atoms with Crippen LogP contribution in [0.1, 0.15) is 13.8 Å². The highest BCUT2D eigenvalue weighted by atomic mass is 16.5. The van der Waals surface area contributed by atoms with E-state index >= 15 is 0 Å². The number of rotatable bonds is 7. The minimum atomic E-state index is 0.190. The van der Waals surface area contributed by atoms with Crippen LogP contribution < -0.4 is 10.6 Å². The SMILES string of the molecule is COCCN(CC(C)C)c1nc(N)nc(-n2ccnc2)n1. The zero-order valence-electron chi connectivity index (χ0n) is 12.6. The summed E-state index contributed by atoms with van der Waals surface area (Å²) in [6.07, 6.45) is 5.05. The van der Waals surface area contributed by atoms with E-state index in [1.165, 1.54) is 0 Å². The van der Waals surface area contributed by atoms with Crippen LogP contribution in [-0.4, -0.2) is 51.3 Å². The number of anilines is 2. The maximum Gasteiger partial charge on any atom is 0.241 e. The van der Waals surface area contributed by atoms with Crippen LogP contribution in [0.25, 0.3) is 5.95 Å². The van der Waals surface area contributed by atoms with Gasteiger partial charge in [-0.3, -0.25) is 4.57 Å². The summed E-state index contributed by atoms with van der Waals surface area (Å²) in [5, 5.41) is 0. The van der Waals surface area contributed by atoms with Crippen molar-refractivity contribution in [3.05, 3.63) is 18.7 Å². The van der Waals surface area contributed by atoms with E-state index in [0.717, 1.165) is 6.54 Å². The van der Waals surface area contributed by atoms with Gasteiger partial charge in [0.2, 0.25) is 17.8 Å². The molecule has 0 fully saturated rings. The van der Waals surface area contributed by atoms with E-state index in [1.807, 2.05) is 4.90 Å². The first kappa shape index (κ1) is 15.2. The second-order valence-corrected chi connectivity index (χ2v) is 5.10. The van der Waals surface area contributed by atoms with Gasteiger partial charge in [-0.1, -0.05) is 13.8 Å². The van der Waals surface area contributed by atoms with Gasteiger partial charge in [0.25, 0.3) is 0 Å². The fraction of sp³-hybridized carbons (Fsp3) is 0.538. The van der Waals surface area contributed by atoms with Crippen molar-refractivity contribution in [1.29, 1.82) is 0 Å². The zero-order valence-corrected chi connectivity index (χ0v) is 12.6. The number of nitrogen functional groups attached to an aromatic ring is 1. The Bertz CT molecular complexity index is 556. The van der Waals surface area contributed by atoms with Crippen LogP contribution in [0.3, 0.4) is 0 Å². The van der Waals surface area contributed by atoms with Gasteiger partial charge in [-0.2, -0.15) is 15.0 Å². The molecule has 2 aromatic rings. The molecule has 0 saturated carbocycles. The zero-order chi connectivity index (χ0) is 15.2. The van der Waals surface area contributed by atoms with Gasteiger partial charge in [-0.25, -0.2) is 4.98 Å². The molecule has 2 aromatic heterocycles. The first-order valence-corrected chi connectivity index (χ1v) is 6.84. The predicted molar refractivity (Wildman–Crippen MR) is 80.3 cm³/mol. The van der Waals surface area contributed by atoms with Crippen LogP contribution in [0.15, 0.2) is 18.7 Å². The van der Waals surface area contributed by atoms with Crippen LogP contribution in [0.4, 0.5) is 11.9 Å². The topological polar surface area (TPSA) is 95.0 Å². The van der Waals surface area contributed by atoms with Crippen LogP contribution in [0.5, 0.6) is 0 Å². The standard InChI is InChI=1S/C13H21N7O/c1-10(2)8-19(6-7-21-3)12-16-11(14)17-13(18-12)20-5-4-15-9-20/h4-5,9-10H,6-8H2,1-3H3,(H2,14,16,17,18). The lowest BCUT2D eigenvalue weighted by Gasteiger charge is -2.24. The van der Waals surface area contributed by atoms with E-state index in [9.17, 15) is 0 Å². The van der Waals surface area contributed by atoms with Gasteiger partial charge in [-0.05, 0) is 5.92 Å². The summed E-state index contributed by atoms with van der Waals surface area (Å²) >= 11 is 0. The lowest BCUT2D eigenvalue weighted by Crippen LogP contribution is -2.33. The minimum absolute atomic E-state index is 0.190. The Morgan fingerprint density at radius 3 is 2.76 bits per heavy atom. The molecule has 2 rings (SSSR count). The van der Waals surface area contributed by atoms with Gasteiger partial charge < -0.3 is 15.4 Å². The van der Waals surface area contributed by atoms with E-state index < -0.39 is 0 Å². The highest BCUT2D eigenvalue weighted by Gasteiger charge is 2.14. The van der Waals surface area contributed by atoms with E-state index in [0.29, 0.717) is 31.0 Å². The molecule has 0 atom stereocenters. The molecule has 0 saturated heterocycles. The molecule has 2 heterocycles. The van der Waals surface area contributed by atoms with Gasteiger partial charge >= 0.3 is 0 Å².